The van der Waals surface area contributed by atoms with Crippen molar-refractivity contribution in [1.82, 2.24) is 15.0 Å². The van der Waals surface area contributed by atoms with Gasteiger partial charge in [0, 0.05) is 28.7 Å². The van der Waals surface area contributed by atoms with Gasteiger partial charge in [-0.15, -0.1) is 0 Å². The van der Waals surface area contributed by atoms with Crippen molar-refractivity contribution in [1.29, 1.82) is 0 Å². The molecule has 4 rings (SSSR count). The lowest BCUT2D eigenvalue weighted by Crippen LogP contribution is -2.42. The molecule has 2 N–H and O–H groups in total. The molecule has 15 heteroatoms. The zero-order valence-corrected chi connectivity index (χ0v) is 20.7. The maximum absolute atomic E-state index is 13.0. The number of anilines is 2. The number of hydrazone groups is 1. The number of halogens is 1. The molecule has 36 heavy (non-hydrogen) atoms. The molecule has 0 bridgehead atoms. The van der Waals surface area contributed by atoms with E-state index in [9.17, 15) is 26.4 Å². The van der Waals surface area contributed by atoms with Crippen molar-refractivity contribution in [2.24, 2.45) is 5.10 Å². The number of nitrogens with zero attached hydrogens (tertiary/aromatic N) is 4. The summed E-state index contributed by atoms with van der Waals surface area (Å²) < 4.78 is 55.4. The van der Waals surface area contributed by atoms with Gasteiger partial charge in [-0.05, 0) is 61.5 Å². The van der Waals surface area contributed by atoms with E-state index in [0.717, 1.165) is 12.1 Å². The fraction of sp³-hybridized carbons (Fsp3) is 0.0952. The summed E-state index contributed by atoms with van der Waals surface area (Å²) in [6, 6.07) is 11.9. The number of imide groups is 1. The van der Waals surface area contributed by atoms with Crippen LogP contribution < -0.4 is 9.44 Å². The van der Waals surface area contributed by atoms with E-state index in [1.54, 1.807) is 0 Å². The van der Waals surface area contributed by atoms with Gasteiger partial charge >= 0.3 is 0 Å². The molecule has 2 amide bonds. The van der Waals surface area contributed by atoms with Gasteiger partial charge in [0.2, 0.25) is 21.2 Å². The van der Waals surface area contributed by atoms with Gasteiger partial charge in [-0.2, -0.15) is 10.1 Å². The Kier molecular flexibility index (Phi) is 6.75. The normalized spacial score (nSPS) is 15.9. The maximum atomic E-state index is 13.0. The van der Waals surface area contributed by atoms with Gasteiger partial charge in [-0.25, -0.2) is 31.5 Å². The average Bonchev–Trinajstić information content (AvgIpc) is 3.14. The van der Waals surface area contributed by atoms with E-state index in [-0.39, 0.29) is 27.8 Å². The molecule has 0 spiro atoms. The summed E-state index contributed by atoms with van der Waals surface area (Å²) >= 11 is 5.81. The van der Waals surface area contributed by atoms with Gasteiger partial charge in [0.1, 0.15) is 0 Å². The van der Waals surface area contributed by atoms with Crippen LogP contribution in [0.5, 0.6) is 0 Å². The van der Waals surface area contributed by atoms with Crippen molar-refractivity contribution >= 4 is 60.8 Å². The van der Waals surface area contributed by atoms with Crippen LogP contribution in [0.25, 0.3) is 0 Å². The zero-order chi connectivity index (χ0) is 26.1. The van der Waals surface area contributed by atoms with Gasteiger partial charge < -0.3 is 0 Å². The van der Waals surface area contributed by atoms with Crippen LogP contribution in [-0.4, -0.2) is 54.6 Å². The van der Waals surface area contributed by atoms with Crippen molar-refractivity contribution in [3.8, 4) is 0 Å². The molecule has 0 aliphatic carbocycles. The van der Waals surface area contributed by atoms with Gasteiger partial charge in [-0.1, -0.05) is 11.6 Å². The summed E-state index contributed by atoms with van der Waals surface area (Å²) in [5.74, 6) is -1.99. The Morgan fingerprint density at radius 3 is 2.17 bits per heavy atom. The standard InChI is InChI=1S/C21H17ClN6O6S2/c1-13-18(20(30)28(25-13)19(29)14-3-5-15(22)6-4-14)36(33,34)26-16-7-9-17(10-8-16)35(31,32)27-21-23-11-2-12-24-21/h2-12,18,26H,1H3,(H,23,24,27). The summed E-state index contributed by atoms with van der Waals surface area (Å²) in [4.78, 5) is 32.9. The highest BCUT2D eigenvalue weighted by Gasteiger charge is 2.46. The summed E-state index contributed by atoms with van der Waals surface area (Å²) in [5, 5.41) is 2.96. The number of hydrogen-bond acceptors (Lipinski definition) is 9. The van der Waals surface area contributed by atoms with Gasteiger partial charge in [0.05, 0.1) is 10.6 Å². The van der Waals surface area contributed by atoms with Crippen LogP contribution in [0.4, 0.5) is 11.6 Å². The first-order chi connectivity index (χ1) is 17.0. The third-order valence-corrected chi connectivity index (χ3v) is 8.16. The van der Waals surface area contributed by atoms with Crippen molar-refractivity contribution < 1.29 is 26.4 Å². The Morgan fingerprint density at radius 1 is 0.944 bits per heavy atom. The topological polar surface area (TPSA) is 168 Å². The molecule has 0 radical (unpaired) electrons. The molecule has 1 aliphatic heterocycles. The average molecular weight is 549 g/mol. The van der Waals surface area contributed by atoms with Crippen LogP contribution in [0, 0.1) is 0 Å². The molecule has 1 aromatic heterocycles. The molecule has 1 unspecified atom stereocenters. The first-order valence-electron chi connectivity index (χ1n) is 10.1. The quantitative estimate of drug-likeness (QED) is 0.423. The van der Waals surface area contributed by atoms with E-state index >= 15 is 0 Å². The Hall–Kier alpha value is -3.88. The van der Waals surface area contributed by atoms with E-state index in [0.29, 0.717) is 10.0 Å². The third kappa shape index (κ3) is 5.19. The molecule has 186 valence electrons. The summed E-state index contributed by atoms with van der Waals surface area (Å²) in [6.45, 7) is 1.31. The lowest BCUT2D eigenvalue weighted by molar-refractivity contribution is -0.125. The Balaban J connectivity index is 1.49. The molecular weight excluding hydrogens is 532 g/mol. The number of sulfonamides is 2. The maximum Gasteiger partial charge on any atom is 0.281 e. The molecular formula is C21H17ClN6O6S2. The second-order valence-corrected chi connectivity index (χ2v) is 11.3. The number of rotatable bonds is 7. The minimum Gasteiger partial charge on any atom is -0.283 e. The first-order valence-corrected chi connectivity index (χ1v) is 13.5. The number of benzene rings is 2. The number of hydrogen-bond donors (Lipinski definition) is 2. The van der Waals surface area contributed by atoms with Crippen LogP contribution >= 0.6 is 11.6 Å². The summed E-state index contributed by atoms with van der Waals surface area (Å²) in [5.41, 5.74) is -0.0179. The Bertz CT molecular complexity index is 1560. The molecule has 3 aromatic rings. The number of aromatic nitrogens is 2. The third-order valence-electron chi connectivity index (χ3n) is 4.88. The second kappa shape index (κ2) is 9.64. The van der Waals surface area contributed by atoms with E-state index in [4.69, 9.17) is 11.6 Å². The molecule has 1 atom stereocenters. The number of carbonyl (C=O) groups is 2. The van der Waals surface area contributed by atoms with Crippen LogP contribution in [0.15, 0.2) is 77.0 Å². The number of amides is 2. The van der Waals surface area contributed by atoms with E-state index in [2.05, 4.69) is 24.5 Å². The predicted molar refractivity (Wildman–Crippen MR) is 131 cm³/mol. The Morgan fingerprint density at radius 2 is 1.56 bits per heavy atom. The Labute approximate surface area is 211 Å². The molecule has 0 saturated carbocycles. The van der Waals surface area contributed by atoms with Crippen molar-refractivity contribution in [3.05, 3.63) is 77.6 Å². The SMILES string of the molecule is CC1=NN(C(=O)c2ccc(Cl)cc2)C(=O)C1S(=O)(=O)Nc1ccc(S(=O)(=O)Nc2ncccn2)cc1. The lowest BCUT2D eigenvalue weighted by atomic mass is 10.2. The van der Waals surface area contributed by atoms with E-state index in [1.165, 1.54) is 61.8 Å². The van der Waals surface area contributed by atoms with Crippen LogP contribution in [0.1, 0.15) is 17.3 Å². The first kappa shape index (κ1) is 25.2. The molecule has 0 saturated heterocycles. The fourth-order valence-corrected chi connectivity index (χ4v) is 5.75. The number of nitrogens with one attached hydrogen (secondary N) is 2. The van der Waals surface area contributed by atoms with Gasteiger partial charge in [0.25, 0.3) is 21.8 Å². The van der Waals surface area contributed by atoms with Gasteiger partial charge in [0.15, 0.2) is 0 Å². The van der Waals surface area contributed by atoms with Crippen molar-refractivity contribution in [3.63, 3.8) is 0 Å². The molecule has 2 heterocycles. The minimum atomic E-state index is -4.39. The summed E-state index contributed by atoms with van der Waals surface area (Å²) in [7, 11) is -8.42. The fourth-order valence-electron chi connectivity index (χ4n) is 3.22. The van der Waals surface area contributed by atoms with Crippen LogP contribution in [0.3, 0.4) is 0 Å². The molecule has 2 aromatic carbocycles. The van der Waals surface area contributed by atoms with Crippen molar-refractivity contribution in [2.45, 2.75) is 17.1 Å². The smallest absolute Gasteiger partial charge is 0.281 e. The zero-order valence-electron chi connectivity index (χ0n) is 18.4. The predicted octanol–water partition coefficient (Wildman–Crippen LogP) is 2.10. The monoisotopic (exact) mass is 548 g/mol. The van der Waals surface area contributed by atoms with Crippen LogP contribution in [-0.2, 0) is 24.8 Å². The van der Waals surface area contributed by atoms with Gasteiger partial charge in [-0.3, -0.25) is 14.3 Å². The molecule has 1 aliphatic rings. The molecule has 12 nitrogen and oxygen atoms in total. The van der Waals surface area contributed by atoms with E-state index < -0.39 is 37.1 Å². The highest BCUT2D eigenvalue weighted by atomic mass is 35.5. The summed E-state index contributed by atoms with van der Waals surface area (Å²) in [6.07, 6.45) is 2.73. The highest BCUT2D eigenvalue weighted by Crippen LogP contribution is 2.23. The minimum absolute atomic E-state index is 0.00649. The number of carbonyl (C=O) groups excluding carboxylic acids is 2. The lowest BCUT2D eigenvalue weighted by Gasteiger charge is -2.15. The second-order valence-electron chi connectivity index (χ2n) is 7.43. The highest BCUT2D eigenvalue weighted by molar-refractivity contribution is 7.95. The van der Waals surface area contributed by atoms with E-state index in [1.807, 2.05) is 0 Å². The molecule has 0 fully saturated rings. The van der Waals surface area contributed by atoms with Crippen LogP contribution in [0.2, 0.25) is 5.02 Å². The van der Waals surface area contributed by atoms with Crippen molar-refractivity contribution in [2.75, 3.05) is 9.44 Å². The largest absolute Gasteiger partial charge is 0.283 e.